The van der Waals surface area contributed by atoms with Gasteiger partial charge in [-0.3, -0.25) is 0 Å². The fourth-order valence-electron chi connectivity index (χ4n) is 2.83. The van der Waals surface area contributed by atoms with E-state index in [1.54, 1.807) is 0 Å². The number of rotatable bonds is 10. The molecule has 0 amide bonds. The summed E-state index contributed by atoms with van der Waals surface area (Å²) in [5.74, 6) is 2.11. The monoisotopic (exact) mass is 325 g/mol. The molecule has 2 atom stereocenters. The van der Waals surface area contributed by atoms with Gasteiger partial charge in [-0.05, 0) is 52.9 Å². The molecule has 1 rings (SSSR count). The Morgan fingerprint density at radius 3 is 2.00 bits per heavy atom. The van der Waals surface area contributed by atoms with Crippen LogP contribution in [0.5, 0.6) is 17.2 Å². The molecule has 23 heavy (non-hydrogen) atoms. The number of hydrogen-bond acceptors (Lipinski definition) is 5. The SMILES string of the molecule is CCOc1ccc(C(C(C)CO)N(C)C)c(OCC)c1OCC. The number of aliphatic hydroxyl groups excluding tert-OH is 1. The molecule has 0 radical (unpaired) electrons. The molecule has 0 saturated heterocycles. The van der Waals surface area contributed by atoms with Gasteiger partial charge in [-0.15, -0.1) is 0 Å². The second-order valence-corrected chi connectivity index (χ2v) is 5.68. The molecule has 1 N–H and O–H groups in total. The van der Waals surface area contributed by atoms with Crippen LogP contribution in [0.2, 0.25) is 0 Å². The molecule has 0 saturated carbocycles. The van der Waals surface area contributed by atoms with E-state index in [4.69, 9.17) is 14.2 Å². The minimum atomic E-state index is 0.0245. The molecule has 2 unspecified atom stereocenters. The van der Waals surface area contributed by atoms with Crippen molar-refractivity contribution in [3.8, 4) is 17.2 Å². The van der Waals surface area contributed by atoms with E-state index in [9.17, 15) is 5.11 Å². The average Bonchev–Trinajstić information content (AvgIpc) is 2.52. The Labute approximate surface area is 140 Å². The second kappa shape index (κ2) is 9.63. The van der Waals surface area contributed by atoms with E-state index >= 15 is 0 Å². The first-order valence-corrected chi connectivity index (χ1v) is 8.34. The molecular weight excluding hydrogens is 294 g/mol. The van der Waals surface area contributed by atoms with E-state index in [1.165, 1.54) is 0 Å². The Bertz CT molecular complexity index is 476. The van der Waals surface area contributed by atoms with Crippen LogP contribution in [-0.4, -0.2) is 50.5 Å². The summed E-state index contributed by atoms with van der Waals surface area (Å²) in [5.41, 5.74) is 1.00. The lowest BCUT2D eigenvalue weighted by molar-refractivity contribution is 0.141. The summed E-state index contributed by atoms with van der Waals surface area (Å²) in [4.78, 5) is 2.09. The van der Waals surface area contributed by atoms with Gasteiger partial charge in [0.05, 0.1) is 19.8 Å². The minimum Gasteiger partial charge on any atom is -0.490 e. The van der Waals surface area contributed by atoms with E-state index in [-0.39, 0.29) is 18.6 Å². The molecule has 0 aliphatic rings. The van der Waals surface area contributed by atoms with Gasteiger partial charge in [0.15, 0.2) is 11.5 Å². The van der Waals surface area contributed by atoms with Gasteiger partial charge < -0.3 is 24.2 Å². The lowest BCUT2D eigenvalue weighted by Gasteiger charge is -2.31. The van der Waals surface area contributed by atoms with Gasteiger partial charge >= 0.3 is 0 Å². The van der Waals surface area contributed by atoms with Crippen LogP contribution in [0.15, 0.2) is 12.1 Å². The standard InChI is InChI=1S/C18H31NO4/c1-7-21-15-11-10-14(16(19(5)6)13(4)12-20)17(22-8-2)18(15)23-9-3/h10-11,13,16,20H,7-9,12H2,1-6H3. The first-order valence-electron chi connectivity index (χ1n) is 8.34. The fraction of sp³-hybridized carbons (Fsp3) is 0.667. The highest BCUT2D eigenvalue weighted by Gasteiger charge is 2.28. The summed E-state index contributed by atoms with van der Waals surface area (Å²) < 4.78 is 17.4. The van der Waals surface area contributed by atoms with Gasteiger partial charge in [0, 0.05) is 18.2 Å². The molecule has 132 valence electrons. The zero-order valence-corrected chi connectivity index (χ0v) is 15.3. The molecule has 0 fully saturated rings. The van der Waals surface area contributed by atoms with Crippen LogP contribution in [0.1, 0.15) is 39.3 Å². The highest BCUT2D eigenvalue weighted by atomic mass is 16.5. The van der Waals surface area contributed by atoms with Gasteiger partial charge in [0.2, 0.25) is 5.75 Å². The highest BCUT2D eigenvalue weighted by Crippen LogP contribution is 2.45. The van der Waals surface area contributed by atoms with Crippen LogP contribution in [0.4, 0.5) is 0 Å². The number of nitrogens with zero attached hydrogens (tertiary/aromatic N) is 1. The van der Waals surface area contributed by atoms with E-state index < -0.39 is 0 Å². The van der Waals surface area contributed by atoms with Gasteiger partial charge in [-0.2, -0.15) is 0 Å². The van der Waals surface area contributed by atoms with Crippen molar-refractivity contribution in [2.75, 3.05) is 40.5 Å². The highest BCUT2D eigenvalue weighted by molar-refractivity contribution is 5.57. The lowest BCUT2D eigenvalue weighted by Crippen LogP contribution is -2.28. The quantitative estimate of drug-likeness (QED) is 0.716. The van der Waals surface area contributed by atoms with Crippen molar-refractivity contribution in [2.24, 2.45) is 5.92 Å². The van der Waals surface area contributed by atoms with E-state index in [2.05, 4.69) is 4.90 Å². The van der Waals surface area contributed by atoms with Crippen LogP contribution >= 0.6 is 0 Å². The van der Waals surface area contributed by atoms with Crippen LogP contribution in [0.25, 0.3) is 0 Å². The van der Waals surface area contributed by atoms with Crippen molar-refractivity contribution in [3.63, 3.8) is 0 Å². The van der Waals surface area contributed by atoms with Crippen molar-refractivity contribution < 1.29 is 19.3 Å². The van der Waals surface area contributed by atoms with Crippen molar-refractivity contribution in [2.45, 2.75) is 33.7 Å². The van der Waals surface area contributed by atoms with Gasteiger partial charge in [-0.1, -0.05) is 6.92 Å². The maximum atomic E-state index is 9.62. The summed E-state index contributed by atoms with van der Waals surface area (Å²) >= 11 is 0. The van der Waals surface area contributed by atoms with Crippen molar-refractivity contribution in [1.29, 1.82) is 0 Å². The number of aliphatic hydroxyl groups is 1. The Balaban J connectivity index is 3.47. The molecule has 1 aromatic rings. The first kappa shape index (κ1) is 19.6. The van der Waals surface area contributed by atoms with Gasteiger partial charge in [0.1, 0.15) is 0 Å². The third kappa shape index (κ3) is 4.75. The van der Waals surface area contributed by atoms with E-state index in [0.717, 1.165) is 5.56 Å². The minimum absolute atomic E-state index is 0.0245. The first-order chi connectivity index (χ1) is 11.0. The number of hydrogen-bond donors (Lipinski definition) is 1. The third-order valence-electron chi connectivity index (χ3n) is 3.69. The lowest BCUT2D eigenvalue weighted by atomic mass is 9.93. The molecule has 0 aliphatic heterocycles. The molecule has 0 aliphatic carbocycles. The molecule has 5 nitrogen and oxygen atoms in total. The Morgan fingerprint density at radius 1 is 0.957 bits per heavy atom. The van der Waals surface area contributed by atoms with Gasteiger partial charge in [0.25, 0.3) is 0 Å². The summed E-state index contributed by atoms with van der Waals surface area (Å²) in [6.45, 7) is 9.60. The predicted octanol–water partition coefficient (Wildman–Crippen LogP) is 3.11. The molecule has 0 aromatic heterocycles. The molecule has 1 aromatic carbocycles. The smallest absolute Gasteiger partial charge is 0.203 e. The molecular formula is C18H31NO4. The maximum Gasteiger partial charge on any atom is 0.203 e. The topological polar surface area (TPSA) is 51.2 Å². The Hall–Kier alpha value is -1.46. The second-order valence-electron chi connectivity index (χ2n) is 5.68. The summed E-state index contributed by atoms with van der Waals surface area (Å²) in [7, 11) is 4.01. The average molecular weight is 325 g/mol. The van der Waals surface area contributed by atoms with Crippen molar-refractivity contribution in [1.82, 2.24) is 4.90 Å². The Kier molecular flexibility index (Phi) is 8.20. The van der Waals surface area contributed by atoms with Crippen LogP contribution < -0.4 is 14.2 Å². The van der Waals surface area contributed by atoms with Crippen LogP contribution in [0, 0.1) is 5.92 Å². The number of ether oxygens (including phenoxy) is 3. The van der Waals surface area contributed by atoms with Crippen molar-refractivity contribution >= 4 is 0 Å². The summed E-state index contributed by atoms with van der Waals surface area (Å²) in [6.07, 6.45) is 0. The van der Waals surface area contributed by atoms with E-state index in [1.807, 2.05) is 53.9 Å². The van der Waals surface area contributed by atoms with Gasteiger partial charge in [-0.25, -0.2) is 0 Å². The fourth-order valence-corrected chi connectivity index (χ4v) is 2.83. The van der Waals surface area contributed by atoms with E-state index in [0.29, 0.717) is 37.1 Å². The normalized spacial score (nSPS) is 13.7. The largest absolute Gasteiger partial charge is 0.490 e. The molecule has 5 heteroatoms. The maximum absolute atomic E-state index is 9.62. The zero-order valence-electron chi connectivity index (χ0n) is 15.3. The molecule has 0 heterocycles. The summed E-state index contributed by atoms with van der Waals surface area (Å²) in [5, 5.41) is 9.62. The Morgan fingerprint density at radius 2 is 1.52 bits per heavy atom. The molecule has 0 bridgehead atoms. The number of benzene rings is 1. The zero-order chi connectivity index (χ0) is 17.4. The van der Waals surface area contributed by atoms with Crippen LogP contribution in [-0.2, 0) is 0 Å². The summed E-state index contributed by atoms with van der Waals surface area (Å²) in [6, 6.07) is 3.96. The van der Waals surface area contributed by atoms with Crippen molar-refractivity contribution in [3.05, 3.63) is 17.7 Å². The third-order valence-corrected chi connectivity index (χ3v) is 3.69. The van der Waals surface area contributed by atoms with Crippen LogP contribution in [0.3, 0.4) is 0 Å². The molecule has 0 spiro atoms. The predicted molar refractivity (Wildman–Crippen MR) is 92.6 cm³/mol.